The van der Waals surface area contributed by atoms with Gasteiger partial charge in [0.1, 0.15) is 6.10 Å². The molecule has 0 aliphatic carbocycles. The first-order valence-electron chi connectivity index (χ1n) is 5.62. The molecule has 1 unspecified atom stereocenters. The first kappa shape index (κ1) is 14.5. The molecule has 2 aromatic carbocycles. The Morgan fingerprint density at radius 3 is 2.50 bits per heavy atom. The summed E-state index contributed by atoms with van der Waals surface area (Å²) in [5.74, 6) is -0.661. The van der Waals surface area contributed by atoms with E-state index in [1.807, 2.05) is 30.3 Å². The highest BCUT2D eigenvalue weighted by molar-refractivity contribution is 5.85. The lowest BCUT2D eigenvalue weighted by Gasteiger charge is -2.07. The molecule has 0 saturated carbocycles. The Hall–Kier alpha value is -1.58. The quantitative estimate of drug-likeness (QED) is 0.889. The molecule has 0 fully saturated rings. The SMILES string of the molecule is Cl.NC(=O)C(O)CCc1ccc2ccccc2c1. The van der Waals surface area contributed by atoms with Gasteiger partial charge in [0.15, 0.2) is 0 Å². The van der Waals surface area contributed by atoms with Crippen LogP contribution in [0.15, 0.2) is 42.5 Å². The summed E-state index contributed by atoms with van der Waals surface area (Å²) in [5, 5.41) is 11.7. The van der Waals surface area contributed by atoms with E-state index in [1.54, 1.807) is 0 Å². The molecule has 0 aliphatic rings. The third-order valence-corrected chi connectivity index (χ3v) is 2.85. The first-order chi connectivity index (χ1) is 8.16. The van der Waals surface area contributed by atoms with Crippen molar-refractivity contribution in [3.05, 3.63) is 48.0 Å². The molecule has 18 heavy (non-hydrogen) atoms. The predicted molar refractivity (Wildman–Crippen MR) is 74.7 cm³/mol. The number of nitrogens with two attached hydrogens (primary N) is 1. The second-order valence-electron chi connectivity index (χ2n) is 4.14. The number of aryl methyl sites for hydroxylation is 1. The van der Waals surface area contributed by atoms with Gasteiger partial charge >= 0.3 is 0 Å². The van der Waals surface area contributed by atoms with Crippen LogP contribution in [0.3, 0.4) is 0 Å². The van der Waals surface area contributed by atoms with Gasteiger partial charge in [-0.25, -0.2) is 0 Å². The second-order valence-corrected chi connectivity index (χ2v) is 4.14. The van der Waals surface area contributed by atoms with Gasteiger partial charge in [0.05, 0.1) is 0 Å². The molecule has 0 aromatic heterocycles. The van der Waals surface area contributed by atoms with E-state index in [4.69, 9.17) is 5.73 Å². The average molecular weight is 266 g/mol. The summed E-state index contributed by atoms with van der Waals surface area (Å²) in [6.45, 7) is 0. The first-order valence-corrected chi connectivity index (χ1v) is 5.62. The largest absolute Gasteiger partial charge is 0.383 e. The van der Waals surface area contributed by atoms with Crippen LogP contribution in [0.5, 0.6) is 0 Å². The zero-order valence-corrected chi connectivity index (χ0v) is 10.7. The van der Waals surface area contributed by atoms with Crippen molar-refractivity contribution in [3.8, 4) is 0 Å². The van der Waals surface area contributed by atoms with Crippen LogP contribution in [0.4, 0.5) is 0 Å². The van der Waals surface area contributed by atoms with Gasteiger partial charge in [0.25, 0.3) is 0 Å². The zero-order chi connectivity index (χ0) is 12.3. The average Bonchev–Trinajstić information content (AvgIpc) is 2.35. The second kappa shape index (κ2) is 6.38. The number of benzene rings is 2. The number of halogens is 1. The maximum absolute atomic E-state index is 10.7. The number of amides is 1. The molecular formula is C14H16ClNO2. The molecule has 2 rings (SSSR count). The maximum Gasteiger partial charge on any atom is 0.246 e. The van der Waals surface area contributed by atoms with Gasteiger partial charge in [-0.2, -0.15) is 0 Å². The number of carbonyl (C=O) groups is 1. The molecule has 0 heterocycles. The van der Waals surface area contributed by atoms with E-state index in [9.17, 15) is 9.90 Å². The molecule has 3 N–H and O–H groups in total. The van der Waals surface area contributed by atoms with E-state index in [1.165, 1.54) is 10.8 Å². The smallest absolute Gasteiger partial charge is 0.246 e. The fraction of sp³-hybridized carbons (Fsp3) is 0.214. The molecule has 96 valence electrons. The maximum atomic E-state index is 10.7. The topological polar surface area (TPSA) is 63.3 Å². The minimum atomic E-state index is -1.05. The highest BCUT2D eigenvalue weighted by atomic mass is 35.5. The fourth-order valence-corrected chi connectivity index (χ4v) is 1.84. The van der Waals surface area contributed by atoms with Gasteiger partial charge in [-0.3, -0.25) is 4.79 Å². The van der Waals surface area contributed by atoms with Crippen molar-refractivity contribution in [1.29, 1.82) is 0 Å². The fourth-order valence-electron chi connectivity index (χ4n) is 1.84. The van der Waals surface area contributed by atoms with Crippen LogP contribution in [0.2, 0.25) is 0 Å². The van der Waals surface area contributed by atoms with E-state index >= 15 is 0 Å². The van der Waals surface area contributed by atoms with Crippen LogP contribution >= 0.6 is 12.4 Å². The Morgan fingerprint density at radius 2 is 1.83 bits per heavy atom. The van der Waals surface area contributed by atoms with Gasteiger partial charge in [0, 0.05) is 0 Å². The van der Waals surface area contributed by atoms with E-state index in [0.29, 0.717) is 12.8 Å². The van der Waals surface area contributed by atoms with Crippen molar-refractivity contribution in [3.63, 3.8) is 0 Å². The molecule has 0 radical (unpaired) electrons. The van der Waals surface area contributed by atoms with Gasteiger partial charge in [0.2, 0.25) is 5.91 Å². The van der Waals surface area contributed by atoms with Crippen LogP contribution in [0, 0.1) is 0 Å². The number of hydrogen-bond donors (Lipinski definition) is 2. The normalized spacial score (nSPS) is 11.8. The summed E-state index contributed by atoms with van der Waals surface area (Å²) >= 11 is 0. The zero-order valence-electron chi connectivity index (χ0n) is 9.87. The number of aliphatic hydroxyl groups is 1. The lowest BCUT2D eigenvalue weighted by atomic mass is 10.0. The summed E-state index contributed by atoms with van der Waals surface area (Å²) < 4.78 is 0. The molecule has 1 amide bonds. The highest BCUT2D eigenvalue weighted by Crippen LogP contribution is 2.16. The summed E-state index contributed by atoms with van der Waals surface area (Å²) in [6, 6.07) is 14.2. The Balaban J connectivity index is 0.00000162. The van der Waals surface area contributed by atoms with Crippen molar-refractivity contribution in [2.75, 3.05) is 0 Å². The standard InChI is InChI=1S/C14H15NO2.ClH/c15-14(17)13(16)8-6-10-5-7-11-3-1-2-4-12(11)9-10;/h1-5,7,9,13,16H,6,8H2,(H2,15,17);1H. The minimum Gasteiger partial charge on any atom is -0.383 e. The van der Waals surface area contributed by atoms with Crippen molar-refractivity contribution in [2.24, 2.45) is 5.73 Å². The van der Waals surface area contributed by atoms with Gasteiger partial charge < -0.3 is 10.8 Å². The summed E-state index contributed by atoms with van der Waals surface area (Å²) in [4.78, 5) is 10.7. The number of fused-ring (bicyclic) bond motifs is 1. The van der Waals surface area contributed by atoms with Crippen LogP contribution in [-0.4, -0.2) is 17.1 Å². The molecule has 1 atom stereocenters. The number of aliphatic hydroxyl groups excluding tert-OH is 1. The van der Waals surface area contributed by atoms with E-state index in [2.05, 4.69) is 12.1 Å². The summed E-state index contributed by atoms with van der Waals surface area (Å²) in [5.41, 5.74) is 6.10. The molecule has 4 heteroatoms. The lowest BCUT2D eigenvalue weighted by Crippen LogP contribution is -2.28. The Kier molecular flexibility index (Phi) is 5.13. The molecule has 2 aromatic rings. The highest BCUT2D eigenvalue weighted by Gasteiger charge is 2.10. The minimum absolute atomic E-state index is 0. The lowest BCUT2D eigenvalue weighted by molar-refractivity contribution is -0.126. The Bertz CT molecular complexity index is 542. The number of hydrogen-bond acceptors (Lipinski definition) is 2. The van der Waals surface area contributed by atoms with Crippen molar-refractivity contribution < 1.29 is 9.90 Å². The third-order valence-electron chi connectivity index (χ3n) is 2.85. The number of rotatable bonds is 4. The van der Waals surface area contributed by atoms with E-state index < -0.39 is 12.0 Å². The van der Waals surface area contributed by atoms with Gasteiger partial charge in [-0.05, 0) is 29.2 Å². The Morgan fingerprint density at radius 1 is 1.17 bits per heavy atom. The molecule has 0 spiro atoms. The van der Waals surface area contributed by atoms with Crippen LogP contribution in [0.25, 0.3) is 10.8 Å². The molecule has 0 bridgehead atoms. The predicted octanol–water partition coefficient (Wildman–Crippen LogP) is 2.04. The van der Waals surface area contributed by atoms with Crippen LogP contribution in [-0.2, 0) is 11.2 Å². The number of primary amides is 1. The van der Waals surface area contributed by atoms with Crippen molar-refractivity contribution in [2.45, 2.75) is 18.9 Å². The van der Waals surface area contributed by atoms with Crippen LogP contribution < -0.4 is 5.73 Å². The van der Waals surface area contributed by atoms with Crippen LogP contribution in [0.1, 0.15) is 12.0 Å². The van der Waals surface area contributed by atoms with Crippen molar-refractivity contribution >= 4 is 29.1 Å². The summed E-state index contributed by atoms with van der Waals surface area (Å²) in [6.07, 6.45) is -0.0377. The van der Waals surface area contributed by atoms with Crippen molar-refractivity contribution in [1.82, 2.24) is 0 Å². The van der Waals surface area contributed by atoms with Gasteiger partial charge in [-0.1, -0.05) is 42.5 Å². The molecule has 0 saturated heterocycles. The molecular weight excluding hydrogens is 250 g/mol. The van der Waals surface area contributed by atoms with Gasteiger partial charge in [-0.15, -0.1) is 12.4 Å². The Labute approximate surface area is 112 Å². The summed E-state index contributed by atoms with van der Waals surface area (Å²) in [7, 11) is 0. The molecule has 0 aliphatic heterocycles. The third kappa shape index (κ3) is 3.45. The van der Waals surface area contributed by atoms with E-state index in [0.717, 1.165) is 5.56 Å². The monoisotopic (exact) mass is 265 g/mol. The van der Waals surface area contributed by atoms with E-state index in [-0.39, 0.29) is 12.4 Å². The number of carbonyl (C=O) groups excluding carboxylic acids is 1. The molecule has 3 nitrogen and oxygen atoms in total.